The fraction of sp³-hybridized carbons (Fsp3) is 0.0769. The lowest BCUT2D eigenvalue weighted by molar-refractivity contribution is 0.455. The highest BCUT2D eigenvalue weighted by Crippen LogP contribution is 2.25. The van der Waals surface area contributed by atoms with Crippen LogP contribution in [0.1, 0.15) is 11.1 Å². The Kier molecular flexibility index (Phi) is 2.68. The summed E-state index contributed by atoms with van der Waals surface area (Å²) in [7, 11) is 0. The van der Waals surface area contributed by atoms with Gasteiger partial charge in [0.2, 0.25) is 0 Å². The van der Waals surface area contributed by atoms with Gasteiger partial charge in [-0.15, -0.1) is 0 Å². The van der Waals surface area contributed by atoms with Gasteiger partial charge < -0.3 is 15.9 Å². The first-order valence-electron chi connectivity index (χ1n) is 5.00. The van der Waals surface area contributed by atoms with Gasteiger partial charge in [0.1, 0.15) is 11.5 Å². The van der Waals surface area contributed by atoms with Gasteiger partial charge in [0, 0.05) is 17.7 Å². The predicted octanol–water partition coefficient (Wildman–Crippen LogP) is 2.27. The average Bonchev–Trinajstić information content (AvgIpc) is 2.24. The van der Waals surface area contributed by atoms with Crippen molar-refractivity contribution >= 4 is 5.69 Å². The van der Waals surface area contributed by atoms with Gasteiger partial charge in [-0.3, -0.25) is 0 Å². The normalized spacial score (nSPS) is 10.2. The smallest absolute Gasteiger partial charge is 0.119 e. The van der Waals surface area contributed by atoms with Gasteiger partial charge >= 0.3 is 0 Å². The second-order valence-corrected chi connectivity index (χ2v) is 3.73. The zero-order chi connectivity index (χ0) is 11.5. The molecule has 0 spiro atoms. The number of hydrogen-bond acceptors (Lipinski definition) is 3. The number of anilines is 1. The number of phenolic OH excluding ortho intramolecular Hbond substituents is 2. The molecule has 0 fully saturated rings. The highest BCUT2D eigenvalue weighted by molar-refractivity contribution is 5.45. The number of rotatable bonds is 2. The highest BCUT2D eigenvalue weighted by atomic mass is 16.3. The molecular formula is C13H13NO2. The Labute approximate surface area is 93.8 Å². The van der Waals surface area contributed by atoms with Crippen LogP contribution in [0.5, 0.6) is 11.5 Å². The van der Waals surface area contributed by atoms with Crippen LogP contribution in [0.4, 0.5) is 5.69 Å². The number of nitrogen functional groups attached to an aromatic ring is 1. The molecule has 0 radical (unpaired) electrons. The minimum absolute atomic E-state index is 0.150. The van der Waals surface area contributed by atoms with Crippen LogP contribution in [-0.4, -0.2) is 10.2 Å². The van der Waals surface area contributed by atoms with Crippen molar-refractivity contribution in [3.63, 3.8) is 0 Å². The highest BCUT2D eigenvalue weighted by Gasteiger charge is 2.03. The zero-order valence-corrected chi connectivity index (χ0v) is 8.72. The van der Waals surface area contributed by atoms with E-state index in [-0.39, 0.29) is 11.5 Å². The molecule has 0 saturated heterocycles. The first-order valence-corrected chi connectivity index (χ1v) is 5.00. The molecule has 0 aliphatic heterocycles. The molecule has 0 aliphatic rings. The molecule has 0 unspecified atom stereocenters. The zero-order valence-electron chi connectivity index (χ0n) is 8.72. The Morgan fingerprint density at radius 3 is 2.56 bits per heavy atom. The molecule has 82 valence electrons. The topological polar surface area (TPSA) is 66.5 Å². The van der Waals surface area contributed by atoms with E-state index in [2.05, 4.69) is 0 Å². The van der Waals surface area contributed by atoms with E-state index < -0.39 is 0 Å². The van der Waals surface area contributed by atoms with Crippen molar-refractivity contribution < 1.29 is 10.2 Å². The molecule has 3 nitrogen and oxygen atoms in total. The number of phenols is 2. The van der Waals surface area contributed by atoms with Crippen molar-refractivity contribution in [1.82, 2.24) is 0 Å². The lowest BCUT2D eigenvalue weighted by Gasteiger charge is -2.06. The Morgan fingerprint density at radius 1 is 1.00 bits per heavy atom. The van der Waals surface area contributed by atoms with Gasteiger partial charge in [-0.2, -0.15) is 0 Å². The Bertz CT molecular complexity index is 509. The van der Waals surface area contributed by atoms with E-state index in [0.717, 1.165) is 5.56 Å². The molecule has 2 aromatic rings. The van der Waals surface area contributed by atoms with Crippen molar-refractivity contribution in [2.75, 3.05) is 5.73 Å². The quantitative estimate of drug-likeness (QED) is 0.531. The van der Waals surface area contributed by atoms with Crippen LogP contribution in [-0.2, 0) is 6.42 Å². The second kappa shape index (κ2) is 4.14. The molecule has 0 aromatic heterocycles. The fourth-order valence-corrected chi connectivity index (χ4v) is 1.64. The summed E-state index contributed by atoms with van der Waals surface area (Å²) >= 11 is 0. The molecule has 16 heavy (non-hydrogen) atoms. The number of hydrogen-bond donors (Lipinski definition) is 3. The van der Waals surface area contributed by atoms with Crippen molar-refractivity contribution in [2.24, 2.45) is 0 Å². The van der Waals surface area contributed by atoms with Gasteiger partial charge in [-0.25, -0.2) is 0 Å². The van der Waals surface area contributed by atoms with E-state index in [0.29, 0.717) is 17.7 Å². The monoisotopic (exact) mass is 215 g/mol. The first-order chi connectivity index (χ1) is 7.65. The lowest BCUT2D eigenvalue weighted by Crippen LogP contribution is -1.91. The molecule has 0 aliphatic carbocycles. The standard InChI is InChI=1S/C13H13NO2/c14-11-3-1-2-9(7-11)6-10-8-12(15)4-5-13(10)16/h1-5,7-8,15-16H,6,14H2. The SMILES string of the molecule is Nc1cccc(Cc2cc(O)ccc2O)c1. The third kappa shape index (κ3) is 2.25. The van der Waals surface area contributed by atoms with Crippen LogP contribution in [0.3, 0.4) is 0 Å². The van der Waals surface area contributed by atoms with Crippen LogP contribution in [0.15, 0.2) is 42.5 Å². The molecule has 2 aromatic carbocycles. The van der Waals surface area contributed by atoms with Crippen LogP contribution in [0.25, 0.3) is 0 Å². The van der Waals surface area contributed by atoms with E-state index in [1.165, 1.54) is 12.1 Å². The average molecular weight is 215 g/mol. The fourth-order valence-electron chi connectivity index (χ4n) is 1.64. The number of aromatic hydroxyl groups is 2. The number of benzene rings is 2. The van der Waals surface area contributed by atoms with Crippen molar-refractivity contribution in [3.8, 4) is 11.5 Å². The minimum atomic E-state index is 0.150. The minimum Gasteiger partial charge on any atom is -0.508 e. The molecule has 0 bridgehead atoms. The molecular weight excluding hydrogens is 202 g/mol. The maximum absolute atomic E-state index is 9.62. The molecule has 0 heterocycles. The maximum atomic E-state index is 9.62. The van der Waals surface area contributed by atoms with E-state index in [4.69, 9.17) is 5.73 Å². The summed E-state index contributed by atoms with van der Waals surface area (Å²) in [5.74, 6) is 0.330. The Morgan fingerprint density at radius 2 is 1.81 bits per heavy atom. The van der Waals surface area contributed by atoms with Crippen molar-refractivity contribution in [3.05, 3.63) is 53.6 Å². The molecule has 0 saturated carbocycles. The molecule has 4 N–H and O–H groups in total. The Balaban J connectivity index is 2.30. The predicted molar refractivity (Wildman–Crippen MR) is 63.4 cm³/mol. The molecule has 0 amide bonds. The lowest BCUT2D eigenvalue weighted by atomic mass is 10.0. The second-order valence-electron chi connectivity index (χ2n) is 3.73. The first kappa shape index (κ1) is 10.4. The van der Waals surface area contributed by atoms with Crippen LogP contribution >= 0.6 is 0 Å². The number of nitrogens with two attached hydrogens (primary N) is 1. The molecule has 3 heteroatoms. The van der Waals surface area contributed by atoms with E-state index in [1.54, 1.807) is 6.07 Å². The van der Waals surface area contributed by atoms with Gasteiger partial charge in [0.05, 0.1) is 0 Å². The van der Waals surface area contributed by atoms with Crippen molar-refractivity contribution in [2.45, 2.75) is 6.42 Å². The summed E-state index contributed by atoms with van der Waals surface area (Å²) in [4.78, 5) is 0. The molecule has 0 atom stereocenters. The summed E-state index contributed by atoms with van der Waals surface area (Å²) < 4.78 is 0. The molecule has 2 rings (SSSR count). The van der Waals surface area contributed by atoms with Crippen LogP contribution in [0.2, 0.25) is 0 Å². The summed E-state index contributed by atoms with van der Waals surface area (Å²) in [5, 5.41) is 19.0. The third-order valence-corrected chi connectivity index (χ3v) is 2.41. The summed E-state index contributed by atoms with van der Waals surface area (Å²) in [6.07, 6.45) is 0.547. The van der Waals surface area contributed by atoms with Gasteiger partial charge in [-0.05, 0) is 35.9 Å². The van der Waals surface area contributed by atoms with E-state index in [1.807, 2.05) is 24.3 Å². The largest absolute Gasteiger partial charge is 0.508 e. The third-order valence-electron chi connectivity index (χ3n) is 2.41. The van der Waals surface area contributed by atoms with Gasteiger partial charge in [-0.1, -0.05) is 12.1 Å². The van der Waals surface area contributed by atoms with Crippen LogP contribution in [0, 0.1) is 0 Å². The summed E-state index contributed by atoms with van der Waals surface area (Å²) in [5.41, 5.74) is 8.05. The summed E-state index contributed by atoms with van der Waals surface area (Å²) in [6.45, 7) is 0. The van der Waals surface area contributed by atoms with Gasteiger partial charge in [0.15, 0.2) is 0 Å². The van der Waals surface area contributed by atoms with E-state index in [9.17, 15) is 10.2 Å². The van der Waals surface area contributed by atoms with E-state index >= 15 is 0 Å². The maximum Gasteiger partial charge on any atom is 0.119 e. The van der Waals surface area contributed by atoms with Crippen LogP contribution < -0.4 is 5.73 Å². The Hall–Kier alpha value is -2.16. The van der Waals surface area contributed by atoms with Crippen molar-refractivity contribution in [1.29, 1.82) is 0 Å². The van der Waals surface area contributed by atoms with Gasteiger partial charge in [0.25, 0.3) is 0 Å². The summed E-state index contributed by atoms with van der Waals surface area (Å²) in [6, 6.07) is 12.0.